The summed E-state index contributed by atoms with van der Waals surface area (Å²) in [5.74, 6) is 0.984. The Bertz CT molecular complexity index is 1280. The van der Waals surface area contributed by atoms with Gasteiger partial charge in [0.1, 0.15) is 0 Å². The molecular formula is C52H100GdN5O15. The van der Waals surface area contributed by atoms with E-state index in [2.05, 4.69) is 49.0 Å². The third-order valence-electron chi connectivity index (χ3n) is 15.6. The molecule has 16 unspecified atom stereocenters. The topological polar surface area (TPSA) is 288 Å². The maximum atomic E-state index is 9.98. The fraction of sp³-hybridized carbons (Fsp3) is 0.962. The number of hydrogen-bond donors (Lipinski definition) is 6. The molecule has 5 rings (SSSR count). The van der Waals surface area contributed by atoms with E-state index in [1.807, 2.05) is 0 Å². The molecule has 20 nitrogen and oxygen atoms in total. The molecule has 8 N–H and O–H groups in total. The van der Waals surface area contributed by atoms with E-state index in [4.69, 9.17) is 63.0 Å². The van der Waals surface area contributed by atoms with E-state index in [1.165, 1.54) is 12.8 Å². The van der Waals surface area contributed by atoms with Gasteiger partial charge in [0, 0.05) is 82.2 Å². The van der Waals surface area contributed by atoms with Gasteiger partial charge in [0.15, 0.2) is 0 Å². The van der Waals surface area contributed by atoms with Crippen molar-refractivity contribution in [1.82, 2.24) is 21.3 Å². The van der Waals surface area contributed by atoms with Crippen molar-refractivity contribution < 1.29 is 113 Å². The monoisotopic (exact) mass is 1190 g/mol. The van der Waals surface area contributed by atoms with Crippen LogP contribution in [-0.2, 0) is 47.5 Å². The van der Waals surface area contributed by atoms with Gasteiger partial charge in [-0.15, -0.1) is 12.1 Å². The second-order valence-electron chi connectivity index (χ2n) is 20.2. The zero-order chi connectivity index (χ0) is 52.0. The Morgan fingerprint density at radius 2 is 0.932 bits per heavy atom. The van der Waals surface area contributed by atoms with Crippen LogP contribution in [0, 0.1) is 75.4 Å². The zero-order valence-corrected chi connectivity index (χ0v) is 48.0. The average Bonchev–Trinajstić information content (AvgIpc) is 3.94. The molecule has 0 aromatic carbocycles. The van der Waals surface area contributed by atoms with E-state index in [0.717, 1.165) is 78.3 Å². The molecule has 1 aliphatic carbocycles. The fourth-order valence-electron chi connectivity index (χ4n) is 12.1. The first-order valence-electron chi connectivity index (χ1n) is 27.1. The van der Waals surface area contributed by atoms with Gasteiger partial charge in [-0.1, -0.05) is 58.8 Å². The molecular weight excluding hydrogens is 1090 g/mol. The minimum atomic E-state index is -1.08. The molecule has 5 fully saturated rings. The van der Waals surface area contributed by atoms with Crippen molar-refractivity contribution in [1.29, 1.82) is 0 Å². The van der Waals surface area contributed by atoms with Crippen molar-refractivity contribution in [3.63, 3.8) is 0 Å². The van der Waals surface area contributed by atoms with Crippen LogP contribution in [0.5, 0.6) is 0 Å². The predicted octanol–water partition coefficient (Wildman–Crippen LogP) is 0.215. The van der Waals surface area contributed by atoms with E-state index < -0.39 is 11.9 Å². The Balaban J connectivity index is 0.00000248. The number of carboxylic acids is 2. The van der Waals surface area contributed by atoms with Crippen LogP contribution in [-0.4, -0.2) is 208 Å². The van der Waals surface area contributed by atoms with E-state index in [9.17, 15) is 10.2 Å². The molecule has 16 atom stereocenters. The van der Waals surface area contributed by atoms with Gasteiger partial charge in [0.2, 0.25) is 0 Å². The molecule has 431 valence electrons. The van der Waals surface area contributed by atoms with Crippen LogP contribution < -0.4 is 31.5 Å². The summed E-state index contributed by atoms with van der Waals surface area (Å²) in [6.07, 6.45) is 9.64. The zero-order valence-electron chi connectivity index (χ0n) is 45.7. The molecule has 1 saturated carbocycles. The summed E-state index contributed by atoms with van der Waals surface area (Å²) in [5, 5.41) is 60.1. The summed E-state index contributed by atoms with van der Waals surface area (Å²) in [7, 11) is 3.35. The molecule has 4 heterocycles. The minimum Gasteiger partial charge on any atom is -0.655 e. The van der Waals surface area contributed by atoms with E-state index in [1.54, 1.807) is 14.2 Å². The Morgan fingerprint density at radius 3 is 1.38 bits per heavy atom. The van der Waals surface area contributed by atoms with Gasteiger partial charge in [-0.25, -0.2) is 0 Å². The average molecular weight is 1190 g/mol. The van der Waals surface area contributed by atoms with Crippen LogP contribution >= 0.6 is 0 Å². The largest absolute Gasteiger partial charge is 3.00 e. The number of fused-ring (bicyclic) bond motifs is 7. The maximum absolute atomic E-state index is 9.98. The number of aliphatic carboxylic acids is 2. The van der Waals surface area contributed by atoms with Gasteiger partial charge in [0.25, 0.3) is 0 Å². The number of methoxy groups -OCH3 is 2. The molecule has 0 spiro atoms. The van der Waals surface area contributed by atoms with Crippen molar-refractivity contribution in [3.05, 3.63) is 5.32 Å². The third kappa shape index (κ3) is 26.0. The van der Waals surface area contributed by atoms with Crippen molar-refractivity contribution >= 4 is 11.9 Å². The number of nitrogens with zero attached hydrogens (tertiary/aromatic N) is 1. The number of aliphatic hydroxyl groups is 2. The molecule has 4 aliphatic heterocycles. The molecule has 0 aromatic rings. The summed E-state index contributed by atoms with van der Waals surface area (Å²) in [5.41, 5.74) is 0. The van der Waals surface area contributed by atoms with Gasteiger partial charge < -0.3 is 100.0 Å². The maximum Gasteiger partial charge on any atom is 3.00 e. The Hall–Kier alpha value is -0.375. The molecule has 6 bridgehead atoms. The summed E-state index contributed by atoms with van der Waals surface area (Å²) in [6.45, 7) is 20.0. The van der Waals surface area contributed by atoms with Crippen LogP contribution in [0.2, 0.25) is 0 Å². The number of ether oxygens (including phenoxy) is 8. The quantitative estimate of drug-likeness (QED) is 0.0571. The molecule has 21 heteroatoms. The second kappa shape index (κ2) is 41.6. The summed E-state index contributed by atoms with van der Waals surface area (Å²) < 4.78 is 46.4. The minimum absolute atomic E-state index is 0. The van der Waals surface area contributed by atoms with E-state index >= 15 is 0 Å². The van der Waals surface area contributed by atoms with E-state index in [-0.39, 0.29) is 95.0 Å². The number of aliphatic hydroxyl groups excluding tert-OH is 2. The number of rotatable bonds is 28. The Kier molecular flexibility index (Phi) is 40.3. The number of carbonyl (C=O) groups excluding carboxylic acids is 2. The molecule has 5 aliphatic rings. The van der Waals surface area contributed by atoms with Crippen LogP contribution in [0.1, 0.15) is 106 Å². The van der Waals surface area contributed by atoms with Crippen molar-refractivity contribution in [2.45, 2.75) is 166 Å². The molecule has 1 radical (unpaired) electrons. The van der Waals surface area contributed by atoms with Crippen LogP contribution in [0.3, 0.4) is 0 Å². The second-order valence-corrected chi connectivity index (χ2v) is 20.2. The van der Waals surface area contributed by atoms with Gasteiger partial charge >= 0.3 is 39.9 Å². The molecule has 0 aromatic heterocycles. The van der Waals surface area contributed by atoms with E-state index in [0.29, 0.717) is 139 Å². The first-order chi connectivity index (χ1) is 34.3. The SMILES string of the molecule is CC(=O)[O-].CC(=O)[O-].CCC1C2CC3[N-]C(CNC4CC(OCCOCCOCCOC)C(OCCOCCOCCOC)CC4NCC4NC(CC(N2)C1CC)C(CCCO)C4C)C(C)C3CCCO.O.[Gd+3]. The smallest absolute Gasteiger partial charge is 0.655 e. The first kappa shape index (κ1) is 70.6. The standard InChI is InChI=1S/C48H92N5O10.2C2H4O2.Gd.H2O/c1-7-35-36(8-2)40-28-42-38(12-10-14-55)34(4)46(53-42)32-50-44-30-48(63-26-24-61-22-20-59-18-16-57-6)47(62-25-23-60-21-19-58-17-15-56-5)29-43(44)49-31-45-33(3)37(11-9-13-54)41(52-45)27-39(35)51-40;2*1-2(3)4;;/h33-52,54-55H,7-32H2,1-6H3;2*1H3,(H,3,4);;1H2/q-1;;;+3;/p-2. The molecule has 4 saturated heterocycles. The van der Waals surface area contributed by atoms with Gasteiger partial charge in [-0.3, -0.25) is 0 Å². The van der Waals surface area contributed by atoms with Gasteiger partial charge in [-0.05, 0) is 89.0 Å². The number of hydrogen-bond acceptors (Lipinski definition) is 18. The number of carboxylic acid groups (broad SMARTS) is 2. The normalized spacial score (nSPS) is 32.9. The molecule has 0 amide bonds. The van der Waals surface area contributed by atoms with Crippen LogP contribution in [0.4, 0.5) is 0 Å². The third-order valence-corrected chi connectivity index (χ3v) is 15.6. The van der Waals surface area contributed by atoms with Crippen LogP contribution in [0.25, 0.3) is 5.32 Å². The van der Waals surface area contributed by atoms with Gasteiger partial charge in [-0.2, -0.15) is 0 Å². The van der Waals surface area contributed by atoms with Crippen LogP contribution in [0.15, 0.2) is 0 Å². The fourth-order valence-corrected chi connectivity index (χ4v) is 12.1. The number of carbonyl (C=O) groups is 2. The summed E-state index contributed by atoms with van der Waals surface area (Å²) >= 11 is 0. The number of nitrogens with one attached hydrogen (secondary N) is 4. The Morgan fingerprint density at radius 1 is 0.534 bits per heavy atom. The first-order valence-corrected chi connectivity index (χ1v) is 27.1. The van der Waals surface area contributed by atoms with Crippen molar-refractivity contribution in [2.75, 3.05) is 120 Å². The Labute approximate surface area is 470 Å². The molecule has 73 heavy (non-hydrogen) atoms. The van der Waals surface area contributed by atoms with Gasteiger partial charge in [0.05, 0.1) is 91.5 Å². The summed E-state index contributed by atoms with van der Waals surface area (Å²) in [4.78, 5) is 17.8. The van der Waals surface area contributed by atoms with Crippen molar-refractivity contribution in [3.8, 4) is 0 Å². The van der Waals surface area contributed by atoms with Crippen molar-refractivity contribution in [2.24, 2.45) is 35.5 Å². The predicted molar refractivity (Wildman–Crippen MR) is 271 cm³/mol. The summed E-state index contributed by atoms with van der Waals surface area (Å²) in [6, 6.07) is 2.44.